The van der Waals surface area contributed by atoms with Gasteiger partial charge in [0.05, 0.1) is 28.1 Å². The predicted octanol–water partition coefficient (Wildman–Crippen LogP) is 1.68. The summed E-state index contributed by atoms with van der Waals surface area (Å²) in [7, 11) is -1.85. The Morgan fingerprint density at radius 2 is 2.22 bits per heavy atom. The summed E-state index contributed by atoms with van der Waals surface area (Å²) in [6, 6.07) is 2.72. The van der Waals surface area contributed by atoms with Crippen LogP contribution in [0.5, 0.6) is 0 Å². The fourth-order valence-corrected chi connectivity index (χ4v) is 2.94. The summed E-state index contributed by atoms with van der Waals surface area (Å²) in [5.74, 6) is -2.23. The van der Waals surface area contributed by atoms with Crippen molar-refractivity contribution in [1.82, 2.24) is 0 Å². The topological polar surface area (TPSA) is 43.4 Å². The van der Waals surface area contributed by atoms with Crippen LogP contribution in [0.1, 0.15) is 6.42 Å². The van der Waals surface area contributed by atoms with E-state index in [1.54, 1.807) is 0 Å². The lowest BCUT2D eigenvalue weighted by atomic mass is 10.1. The molecule has 0 spiro atoms. The fourth-order valence-electron chi connectivity index (χ4n) is 1.76. The molecular weight excluding hydrogens is 262 g/mol. The van der Waals surface area contributed by atoms with Gasteiger partial charge in [-0.15, -0.1) is 0 Å². The standard InChI is InChI=1S/C12H12F2O3S/c13-9-1-2-10(14)12(5-9)18(16)7-11(15)8-3-4-17-6-8/h1-2,5,8H,3-4,6-7H2. The molecule has 2 rings (SSSR count). The number of ether oxygens (including phenoxy) is 1. The average Bonchev–Trinajstić information content (AvgIpc) is 2.85. The van der Waals surface area contributed by atoms with Crippen LogP contribution in [0.4, 0.5) is 8.78 Å². The number of ketones is 1. The molecule has 0 bridgehead atoms. The number of carbonyl (C=O) groups excluding carboxylic acids is 1. The maximum Gasteiger partial charge on any atom is 0.151 e. The van der Waals surface area contributed by atoms with E-state index >= 15 is 0 Å². The summed E-state index contributed by atoms with van der Waals surface area (Å²) >= 11 is 0. The van der Waals surface area contributed by atoms with E-state index in [1.807, 2.05) is 0 Å². The fraction of sp³-hybridized carbons (Fsp3) is 0.417. The largest absolute Gasteiger partial charge is 0.381 e. The van der Waals surface area contributed by atoms with Gasteiger partial charge in [-0.3, -0.25) is 9.00 Å². The van der Waals surface area contributed by atoms with E-state index in [0.29, 0.717) is 19.6 Å². The number of carbonyl (C=O) groups is 1. The molecule has 2 unspecified atom stereocenters. The third-order valence-electron chi connectivity index (χ3n) is 2.80. The molecule has 1 aliphatic rings. The lowest BCUT2D eigenvalue weighted by Gasteiger charge is -2.07. The van der Waals surface area contributed by atoms with Crippen LogP contribution in [0.15, 0.2) is 23.1 Å². The van der Waals surface area contributed by atoms with Crippen LogP contribution in [0, 0.1) is 17.6 Å². The van der Waals surface area contributed by atoms with Crippen molar-refractivity contribution in [2.24, 2.45) is 5.92 Å². The number of Topliss-reactive ketones (excluding diaryl/α,β-unsaturated/α-hetero) is 1. The summed E-state index contributed by atoms with van der Waals surface area (Å²) in [4.78, 5) is 11.5. The minimum Gasteiger partial charge on any atom is -0.381 e. The molecular formula is C12H12F2O3S. The summed E-state index contributed by atoms with van der Waals surface area (Å²) in [5.41, 5.74) is 0. The number of halogens is 2. The Balaban J connectivity index is 2.07. The van der Waals surface area contributed by atoms with Gasteiger partial charge in [0.15, 0.2) is 5.78 Å². The Labute approximate surface area is 106 Å². The van der Waals surface area contributed by atoms with Gasteiger partial charge in [0, 0.05) is 12.5 Å². The van der Waals surface area contributed by atoms with E-state index in [-0.39, 0.29) is 22.3 Å². The van der Waals surface area contributed by atoms with Crippen molar-refractivity contribution >= 4 is 16.6 Å². The highest BCUT2D eigenvalue weighted by Gasteiger charge is 2.26. The van der Waals surface area contributed by atoms with Gasteiger partial charge in [0.25, 0.3) is 0 Å². The van der Waals surface area contributed by atoms with Crippen molar-refractivity contribution in [3.63, 3.8) is 0 Å². The Kier molecular flexibility index (Phi) is 4.19. The molecule has 0 N–H and O–H groups in total. The first kappa shape index (κ1) is 13.3. The maximum atomic E-state index is 13.4. The van der Waals surface area contributed by atoms with Crippen LogP contribution in [0.3, 0.4) is 0 Å². The lowest BCUT2D eigenvalue weighted by Crippen LogP contribution is -2.21. The van der Waals surface area contributed by atoms with E-state index in [4.69, 9.17) is 4.74 Å². The highest BCUT2D eigenvalue weighted by atomic mass is 32.2. The highest BCUT2D eigenvalue weighted by Crippen LogP contribution is 2.18. The smallest absolute Gasteiger partial charge is 0.151 e. The Morgan fingerprint density at radius 1 is 1.44 bits per heavy atom. The number of benzene rings is 1. The quantitative estimate of drug-likeness (QED) is 0.839. The summed E-state index contributed by atoms with van der Waals surface area (Å²) in [6.45, 7) is 0.832. The van der Waals surface area contributed by atoms with Crippen molar-refractivity contribution in [2.45, 2.75) is 11.3 Å². The Hall–Kier alpha value is -1.14. The van der Waals surface area contributed by atoms with Crippen molar-refractivity contribution in [1.29, 1.82) is 0 Å². The molecule has 2 atom stereocenters. The van der Waals surface area contributed by atoms with E-state index in [0.717, 1.165) is 18.2 Å². The maximum absolute atomic E-state index is 13.4. The second kappa shape index (κ2) is 5.67. The molecule has 0 amide bonds. The van der Waals surface area contributed by atoms with E-state index in [2.05, 4.69) is 0 Å². The molecule has 0 aromatic heterocycles. The molecule has 0 saturated carbocycles. The Morgan fingerprint density at radius 3 is 2.89 bits per heavy atom. The second-order valence-corrected chi connectivity index (χ2v) is 5.51. The van der Waals surface area contributed by atoms with Gasteiger partial charge in [-0.2, -0.15) is 0 Å². The number of hydrogen-bond donors (Lipinski definition) is 0. The van der Waals surface area contributed by atoms with Crippen molar-refractivity contribution in [2.75, 3.05) is 19.0 Å². The molecule has 1 fully saturated rings. The van der Waals surface area contributed by atoms with Gasteiger partial charge >= 0.3 is 0 Å². The monoisotopic (exact) mass is 274 g/mol. The van der Waals surface area contributed by atoms with Gasteiger partial charge in [-0.05, 0) is 24.6 Å². The molecule has 0 aliphatic carbocycles. The molecule has 18 heavy (non-hydrogen) atoms. The zero-order chi connectivity index (χ0) is 13.1. The second-order valence-electron chi connectivity index (χ2n) is 4.09. The molecule has 0 radical (unpaired) electrons. The molecule has 98 valence electrons. The van der Waals surface area contributed by atoms with Crippen LogP contribution in [0.2, 0.25) is 0 Å². The van der Waals surface area contributed by atoms with Crippen LogP contribution >= 0.6 is 0 Å². The van der Waals surface area contributed by atoms with Crippen LogP contribution in [-0.2, 0) is 20.3 Å². The zero-order valence-corrected chi connectivity index (χ0v) is 10.3. The summed E-state index contributed by atoms with van der Waals surface area (Å²) in [5, 5.41) is 0. The zero-order valence-electron chi connectivity index (χ0n) is 9.53. The lowest BCUT2D eigenvalue weighted by molar-refractivity contribution is -0.120. The van der Waals surface area contributed by atoms with Crippen LogP contribution in [0.25, 0.3) is 0 Å². The summed E-state index contributed by atoms with van der Waals surface area (Å²) in [6.07, 6.45) is 0.599. The minimum absolute atomic E-state index is 0.227. The number of hydrogen-bond acceptors (Lipinski definition) is 3. The predicted molar refractivity (Wildman–Crippen MR) is 61.6 cm³/mol. The van der Waals surface area contributed by atoms with Gasteiger partial charge < -0.3 is 4.74 Å². The normalized spacial score (nSPS) is 20.9. The van der Waals surface area contributed by atoms with Gasteiger partial charge in [-0.25, -0.2) is 8.78 Å². The minimum atomic E-state index is -1.85. The first-order valence-corrected chi connectivity index (χ1v) is 6.83. The van der Waals surface area contributed by atoms with Gasteiger partial charge in [0.1, 0.15) is 11.6 Å². The summed E-state index contributed by atoms with van der Waals surface area (Å²) < 4.78 is 43.2. The molecule has 1 saturated heterocycles. The van der Waals surface area contributed by atoms with Crippen LogP contribution in [-0.4, -0.2) is 29.0 Å². The molecule has 1 heterocycles. The number of rotatable bonds is 4. The molecule has 6 heteroatoms. The van der Waals surface area contributed by atoms with Crippen molar-refractivity contribution in [3.8, 4) is 0 Å². The van der Waals surface area contributed by atoms with E-state index < -0.39 is 22.4 Å². The highest BCUT2D eigenvalue weighted by molar-refractivity contribution is 7.85. The van der Waals surface area contributed by atoms with E-state index in [1.165, 1.54) is 0 Å². The first-order valence-electron chi connectivity index (χ1n) is 5.52. The van der Waals surface area contributed by atoms with Gasteiger partial charge in [0.2, 0.25) is 0 Å². The third-order valence-corrected chi connectivity index (χ3v) is 4.15. The van der Waals surface area contributed by atoms with E-state index in [9.17, 15) is 17.8 Å². The molecule has 1 aromatic rings. The molecule has 1 aromatic carbocycles. The molecule has 3 nitrogen and oxygen atoms in total. The first-order chi connectivity index (χ1) is 8.58. The SMILES string of the molecule is O=C(CS(=O)c1cc(F)ccc1F)C1CCOC1. The third kappa shape index (κ3) is 3.00. The van der Waals surface area contributed by atoms with Crippen LogP contribution < -0.4 is 0 Å². The van der Waals surface area contributed by atoms with Gasteiger partial charge in [-0.1, -0.05) is 0 Å². The molecule has 1 aliphatic heterocycles. The Bertz CT molecular complexity index is 484. The van der Waals surface area contributed by atoms with Crippen molar-refractivity contribution < 1.29 is 22.5 Å². The average molecular weight is 274 g/mol. The van der Waals surface area contributed by atoms with Crippen molar-refractivity contribution in [3.05, 3.63) is 29.8 Å².